The summed E-state index contributed by atoms with van der Waals surface area (Å²) in [5.74, 6) is 1.16. The van der Waals surface area contributed by atoms with Crippen molar-refractivity contribution in [3.05, 3.63) is 99.3 Å². The molecule has 0 amide bonds. The molecule has 1 aromatic heterocycles. The molecule has 0 saturated carbocycles. The predicted molar refractivity (Wildman–Crippen MR) is 130 cm³/mol. The molecule has 0 saturated heterocycles. The molecule has 0 atom stereocenters. The lowest BCUT2D eigenvalue weighted by molar-refractivity contribution is 0.172. The van der Waals surface area contributed by atoms with Gasteiger partial charge in [-0.1, -0.05) is 41.9 Å². The SMILES string of the molecule is O=c1[nH]c2cc3c(cc2cc1CN(Cc1ccccc1)S(=O)(=O)c1ccc(Cl)cc1)OCCO3. The molecule has 4 aromatic rings. The fourth-order valence-electron chi connectivity index (χ4n) is 3.86. The van der Waals surface area contributed by atoms with Gasteiger partial charge >= 0.3 is 0 Å². The zero-order valence-corrected chi connectivity index (χ0v) is 19.6. The molecule has 3 aromatic carbocycles. The van der Waals surface area contributed by atoms with Crippen molar-refractivity contribution in [3.63, 3.8) is 0 Å². The molecule has 2 heterocycles. The highest BCUT2D eigenvalue weighted by Crippen LogP contribution is 2.34. The van der Waals surface area contributed by atoms with Crippen LogP contribution in [0.15, 0.2) is 82.5 Å². The number of nitrogens with zero attached hydrogens (tertiary/aromatic N) is 1. The summed E-state index contributed by atoms with van der Waals surface area (Å²) in [5, 5.41) is 1.16. The Balaban J connectivity index is 1.55. The molecule has 0 bridgehead atoms. The minimum absolute atomic E-state index is 0.102. The summed E-state index contributed by atoms with van der Waals surface area (Å²) in [5.41, 5.74) is 1.34. The van der Waals surface area contributed by atoms with Gasteiger partial charge in [-0.2, -0.15) is 4.31 Å². The zero-order valence-electron chi connectivity index (χ0n) is 18.0. The summed E-state index contributed by atoms with van der Waals surface area (Å²) in [6.07, 6.45) is 0. The number of aromatic nitrogens is 1. The van der Waals surface area contributed by atoms with Crippen LogP contribution in [-0.4, -0.2) is 30.9 Å². The molecule has 1 aliphatic rings. The average Bonchev–Trinajstić information content (AvgIpc) is 2.84. The molecule has 9 heteroatoms. The number of nitrogens with one attached hydrogen (secondary N) is 1. The van der Waals surface area contributed by atoms with E-state index in [1.54, 1.807) is 18.2 Å². The van der Waals surface area contributed by atoms with Crippen molar-refractivity contribution < 1.29 is 17.9 Å². The second kappa shape index (κ2) is 9.13. The Morgan fingerprint density at radius 3 is 2.26 bits per heavy atom. The Kier molecular flexibility index (Phi) is 6.03. The van der Waals surface area contributed by atoms with Crippen LogP contribution < -0.4 is 15.0 Å². The Hall–Kier alpha value is -3.33. The molecule has 0 radical (unpaired) electrons. The van der Waals surface area contributed by atoms with Gasteiger partial charge in [-0.3, -0.25) is 4.79 Å². The van der Waals surface area contributed by atoms with Crippen LogP contribution in [0.3, 0.4) is 0 Å². The van der Waals surface area contributed by atoms with Crippen LogP contribution in [0, 0.1) is 0 Å². The van der Waals surface area contributed by atoms with E-state index in [0.717, 1.165) is 10.9 Å². The number of ether oxygens (including phenoxy) is 2. The van der Waals surface area contributed by atoms with E-state index in [-0.39, 0.29) is 23.5 Å². The maximum Gasteiger partial charge on any atom is 0.252 e. The van der Waals surface area contributed by atoms with E-state index in [1.165, 1.54) is 28.6 Å². The molecule has 1 aliphatic heterocycles. The third kappa shape index (κ3) is 4.52. The summed E-state index contributed by atoms with van der Waals surface area (Å²) in [4.78, 5) is 15.9. The average molecular weight is 497 g/mol. The number of aromatic amines is 1. The number of pyridine rings is 1. The van der Waals surface area contributed by atoms with Gasteiger partial charge < -0.3 is 14.5 Å². The van der Waals surface area contributed by atoms with E-state index in [0.29, 0.717) is 40.8 Å². The van der Waals surface area contributed by atoms with Gasteiger partial charge in [0.1, 0.15) is 13.2 Å². The summed E-state index contributed by atoms with van der Waals surface area (Å²) >= 11 is 5.95. The van der Waals surface area contributed by atoms with E-state index in [2.05, 4.69) is 4.98 Å². The molecule has 0 aliphatic carbocycles. The first-order chi connectivity index (χ1) is 16.4. The summed E-state index contributed by atoms with van der Waals surface area (Å²) in [7, 11) is -3.92. The van der Waals surface area contributed by atoms with Crippen LogP contribution in [0.25, 0.3) is 10.9 Å². The van der Waals surface area contributed by atoms with Gasteiger partial charge in [0.15, 0.2) is 11.5 Å². The molecular formula is C25H21ClN2O5S. The third-order valence-electron chi connectivity index (χ3n) is 5.58. The topological polar surface area (TPSA) is 88.7 Å². The Bertz CT molecular complexity index is 1500. The quantitative estimate of drug-likeness (QED) is 0.429. The lowest BCUT2D eigenvalue weighted by Gasteiger charge is -2.23. The largest absolute Gasteiger partial charge is 0.486 e. The molecule has 1 N–H and O–H groups in total. The molecule has 0 fully saturated rings. The summed E-state index contributed by atoms with van der Waals surface area (Å²) < 4.78 is 39.6. The molecule has 174 valence electrons. The van der Waals surface area contributed by atoms with Gasteiger partial charge in [0, 0.05) is 35.1 Å². The monoisotopic (exact) mass is 496 g/mol. The van der Waals surface area contributed by atoms with Crippen molar-refractivity contribution in [2.24, 2.45) is 0 Å². The number of halogens is 1. The fourth-order valence-corrected chi connectivity index (χ4v) is 5.40. The Labute approximate surface area is 201 Å². The van der Waals surface area contributed by atoms with Gasteiger partial charge in [0.25, 0.3) is 5.56 Å². The maximum absolute atomic E-state index is 13.6. The van der Waals surface area contributed by atoms with E-state index in [9.17, 15) is 13.2 Å². The Morgan fingerprint density at radius 2 is 1.56 bits per heavy atom. The van der Waals surface area contributed by atoms with Gasteiger partial charge in [-0.25, -0.2) is 8.42 Å². The highest BCUT2D eigenvalue weighted by molar-refractivity contribution is 7.89. The van der Waals surface area contributed by atoms with Gasteiger partial charge in [-0.05, 0) is 42.0 Å². The van der Waals surface area contributed by atoms with Gasteiger partial charge in [-0.15, -0.1) is 0 Å². The van der Waals surface area contributed by atoms with Crippen LogP contribution in [0.4, 0.5) is 0 Å². The van der Waals surface area contributed by atoms with Crippen molar-refractivity contribution in [1.82, 2.24) is 9.29 Å². The standard InChI is InChI=1S/C25H21ClN2O5S/c26-20-6-8-21(9-7-20)34(30,31)28(15-17-4-2-1-3-5-17)16-19-12-18-13-23-24(33-11-10-32-23)14-22(18)27-25(19)29/h1-9,12-14H,10-11,15-16H2,(H,27,29). The molecule has 34 heavy (non-hydrogen) atoms. The first-order valence-corrected chi connectivity index (χ1v) is 12.5. The first-order valence-electron chi connectivity index (χ1n) is 10.7. The molecule has 5 rings (SSSR count). The van der Waals surface area contributed by atoms with Crippen LogP contribution >= 0.6 is 11.6 Å². The van der Waals surface area contributed by atoms with Crippen LogP contribution in [-0.2, 0) is 23.1 Å². The third-order valence-corrected chi connectivity index (χ3v) is 7.64. The zero-order chi connectivity index (χ0) is 23.7. The highest BCUT2D eigenvalue weighted by atomic mass is 35.5. The first kappa shape index (κ1) is 22.5. The minimum atomic E-state index is -3.92. The highest BCUT2D eigenvalue weighted by Gasteiger charge is 2.26. The van der Waals surface area contributed by atoms with E-state index in [1.807, 2.05) is 30.3 Å². The number of benzene rings is 3. The number of rotatable bonds is 6. The second-order valence-corrected chi connectivity index (χ2v) is 10.3. The van der Waals surface area contributed by atoms with Gasteiger partial charge in [0.05, 0.1) is 10.4 Å². The Morgan fingerprint density at radius 1 is 0.882 bits per heavy atom. The van der Waals surface area contributed by atoms with Crippen molar-refractivity contribution in [1.29, 1.82) is 0 Å². The fraction of sp³-hybridized carbons (Fsp3) is 0.160. The van der Waals surface area contributed by atoms with Crippen LogP contribution in [0.1, 0.15) is 11.1 Å². The number of hydrogen-bond acceptors (Lipinski definition) is 5. The molecule has 7 nitrogen and oxygen atoms in total. The van der Waals surface area contributed by atoms with E-state index < -0.39 is 10.0 Å². The van der Waals surface area contributed by atoms with E-state index in [4.69, 9.17) is 21.1 Å². The van der Waals surface area contributed by atoms with Gasteiger partial charge in [0.2, 0.25) is 10.0 Å². The lowest BCUT2D eigenvalue weighted by Crippen LogP contribution is -2.32. The van der Waals surface area contributed by atoms with Crippen molar-refractivity contribution in [2.75, 3.05) is 13.2 Å². The maximum atomic E-state index is 13.6. The van der Waals surface area contributed by atoms with Crippen LogP contribution in [0.2, 0.25) is 5.02 Å². The van der Waals surface area contributed by atoms with Crippen molar-refractivity contribution in [2.45, 2.75) is 18.0 Å². The summed E-state index contributed by atoms with van der Waals surface area (Å²) in [6, 6.07) is 20.4. The van der Waals surface area contributed by atoms with Crippen molar-refractivity contribution in [3.8, 4) is 11.5 Å². The number of sulfonamides is 1. The lowest BCUT2D eigenvalue weighted by atomic mass is 10.1. The number of fused-ring (bicyclic) bond motifs is 2. The minimum Gasteiger partial charge on any atom is -0.486 e. The van der Waals surface area contributed by atoms with E-state index >= 15 is 0 Å². The second-order valence-electron chi connectivity index (χ2n) is 7.92. The molecule has 0 spiro atoms. The summed E-state index contributed by atoms with van der Waals surface area (Å²) in [6.45, 7) is 0.876. The van der Waals surface area contributed by atoms with Crippen LogP contribution in [0.5, 0.6) is 11.5 Å². The predicted octanol–water partition coefficient (Wildman–Crippen LogP) is 4.34. The molecular weight excluding hydrogens is 476 g/mol. The molecule has 0 unspecified atom stereocenters. The van der Waals surface area contributed by atoms with Crippen molar-refractivity contribution >= 4 is 32.5 Å². The smallest absolute Gasteiger partial charge is 0.252 e. The number of H-pyrrole nitrogens is 1. The normalized spacial score (nSPS) is 13.4. The number of hydrogen-bond donors (Lipinski definition) is 1.